The smallest absolute Gasteiger partial charge is 0.273 e. The van der Waals surface area contributed by atoms with Crippen molar-refractivity contribution >= 4 is 50.2 Å². The molecule has 2 aromatic carbocycles. The van der Waals surface area contributed by atoms with E-state index in [0.29, 0.717) is 10.7 Å². The summed E-state index contributed by atoms with van der Waals surface area (Å²) >= 11 is 7.20. The third-order valence-corrected chi connectivity index (χ3v) is 7.19. The van der Waals surface area contributed by atoms with Gasteiger partial charge >= 0.3 is 0 Å². The molecular weight excluding hydrogens is 392 g/mol. The number of carbonyl (C=O) groups is 1. The van der Waals surface area contributed by atoms with Gasteiger partial charge < -0.3 is 5.32 Å². The Bertz CT molecular complexity index is 1030. The Morgan fingerprint density at radius 2 is 1.73 bits per heavy atom. The zero-order chi connectivity index (χ0) is 18.7. The molecule has 3 rings (SSSR count). The van der Waals surface area contributed by atoms with E-state index in [2.05, 4.69) is 5.32 Å². The summed E-state index contributed by atoms with van der Waals surface area (Å²) in [5.41, 5.74) is 0.971. The van der Waals surface area contributed by atoms with Gasteiger partial charge in [0.25, 0.3) is 15.9 Å². The molecule has 134 valence electrons. The van der Waals surface area contributed by atoms with Crippen LogP contribution in [0.4, 0.5) is 11.4 Å². The predicted molar refractivity (Wildman–Crippen MR) is 106 cm³/mol. The molecule has 0 spiro atoms. The fraction of sp³-hybridized carbons (Fsp3) is 0.0556. The molecule has 0 aliphatic heterocycles. The van der Waals surface area contributed by atoms with E-state index in [1.54, 1.807) is 60.0 Å². The first-order chi connectivity index (χ1) is 12.4. The average molecular weight is 407 g/mol. The molecule has 0 unspecified atom stereocenters. The normalized spacial score (nSPS) is 11.2. The first-order valence-electron chi connectivity index (χ1n) is 7.58. The predicted octanol–water partition coefficient (Wildman–Crippen LogP) is 4.48. The molecule has 1 heterocycles. The van der Waals surface area contributed by atoms with Gasteiger partial charge in [0.1, 0.15) is 4.21 Å². The Labute approximate surface area is 160 Å². The molecule has 0 atom stereocenters. The topological polar surface area (TPSA) is 66.5 Å². The highest BCUT2D eigenvalue weighted by Crippen LogP contribution is 2.29. The van der Waals surface area contributed by atoms with Crippen LogP contribution in [0.1, 0.15) is 10.4 Å². The molecule has 26 heavy (non-hydrogen) atoms. The fourth-order valence-electron chi connectivity index (χ4n) is 2.37. The van der Waals surface area contributed by atoms with Gasteiger partial charge in [-0.3, -0.25) is 9.10 Å². The van der Waals surface area contributed by atoms with Crippen molar-refractivity contribution in [2.45, 2.75) is 4.21 Å². The number of halogens is 1. The lowest BCUT2D eigenvalue weighted by atomic mass is 10.1. The van der Waals surface area contributed by atoms with E-state index in [4.69, 9.17) is 11.6 Å². The van der Waals surface area contributed by atoms with Crippen LogP contribution >= 0.6 is 22.9 Å². The number of anilines is 2. The first kappa shape index (κ1) is 18.4. The molecule has 1 N–H and O–H groups in total. The van der Waals surface area contributed by atoms with Crippen molar-refractivity contribution in [3.63, 3.8) is 0 Å². The van der Waals surface area contributed by atoms with Crippen molar-refractivity contribution in [2.24, 2.45) is 0 Å². The van der Waals surface area contributed by atoms with E-state index in [1.165, 1.54) is 13.1 Å². The minimum Gasteiger partial charge on any atom is -0.321 e. The van der Waals surface area contributed by atoms with Crippen molar-refractivity contribution in [3.05, 3.63) is 76.6 Å². The zero-order valence-electron chi connectivity index (χ0n) is 13.7. The number of amides is 1. The zero-order valence-corrected chi connectivity index (χ0v) is 16.1. The molecular formula is C18H15ClN2O3S2. The summed E-state index contributed by atoms with van der Waals surface area (Å²) in [5.74, 6) is -0.443. The molecule has 0 saturated heterocycles. The molecule has 8 heteroatoms. The van der Waals surface area contributed by atoms with Crippen molar-refractivity contribution in [2.75, 3.05) is 16.7 Å². The second-order valence-corrected chi connectivity index (χ2v) is 8.91. The SMILES string of the molecule is CN(c1ccccc1C(=O)Nc1ccccc1Cl)S(=O)(=O)c1cccs1. The monoisotopic (exact) mass is 406 g/mol. The van der Waals surface area contributed by atoms with E-state index < -0.39 is 15.9 Å². The fourth-order valence-corrected chi connectivity index (χ4v) is 4.93. The Morgan fingerprint density at radius 3 is 2.42 bits per heavy atom. The van der Waals surface area contributed by atoms with Crippen LogP contribution in [-0.2, 0) is 10.0 Å². The largest absolute Gasteiger partial charge is 0.321 e. The number of thiophene rings is 1. The number of rotatable bonds is 5. The van der Waals surface area contributed by atoms with Crippen molar-refractivity contribution < 1.29 is 13.2 Å². The van der Waals surface area contributed by atoms with Crippen molar-refractivity contribution in [1.29, 1.82) is 0 Å². The lowest BCUT2D eigenvalue weighted by Gasteiger charge is -2.21. The second-order valence-electron chi connectivity index (χ2n) is 5.36. The van der Waals surface area contributed by atoms with Crippen LogP contribution in [-0.4, -0.2) is 21.4 Å². The molecule has 1 aromatic heterocycles. The number of hydrogen-bond donors (Lipinski definition) is 1. The van der Waals surface area contributed by atoms with Gasteiger partial charge in [-0.1, -0.05) is 41.9 Å². The number of para-hydroxylation sites is 2. The van der Waals surface area contributed by atoms with E-state index in [9.17, 15) is 13.2 Å². The van der Waals surface area contributed by atoms with Gasteiger partial charge in [-0.05, 0) is 35.7 Å². The maximum atomic E-state index is 12.8. The van der Waals surface area contributed by atoms with Crippen molar-refractivity contribution in [1.82, 2.24) is 0 Å². The van der Waals surface area contributed by atoms with E-state index in [0.717, 1.165) is 15.6 Å². The number of nitrogens with zero attached hydrogens (tertiary/aromatic N) is 1. The minimum absolute atomic E-state index is 0.210. The van der Waals surface area contributed by atoms with Crippen molar-refractivity contribution in [3.8, 4) is 0 Å². The van der Waals surface area contributed by atoms with Crippen LogP contribution in [0.25, 0.3) is 0 Å². The van der Waals surface area contributed by atoms with Gasteiger partial charge in [0.2, 0.25) is 0 Å². The number of sulfonamides is 1. The van der Waals surface area contributed by atoms with Gasteiger partial charge in [0, 0.05) is 7.05 Å². The van der Waals surface area contributed by atoms with Gasteiger partial charge in [0.05, 0.1) is 22.0 Å². The van der Waals surface area contributed by atoms with Gasteiger partial charge in [-0.2, -0.15) is 0 Å². The van der Waals surface area contributed by atoms with Crippen LogP contribution in [0.3, 0.4) is 0 Å². The summed E-state index contributed by atoms with van der Waals surface area (Å²) in [5, 5.41) is 4.81. The summed E-state index contributed by atoms with van der Waals surface area (Å²) in [4.78, 5) is 12.7. The maximum Gasteiger partial charge on any atom is 0.273 e. The standard InChI is InChI=1S/C18H15ClN2O3S2/c1-21(26(23,24)17-11-6-12-25-17)16-10-5-2-7-13(16)18(22)20-15-9-4-3-8-14(15)19/h2-12H,1H3,(H,20,22). The maximum absolute atomic E-state index is 12.8. The van der Waals surface area contributed by atoms with Crippen LogP contribution in [0.15, 0.2) is 70.3 Å². The highest BCUT2D eigenvalue weighted by atomic mass is 35.5. The van der Waals surface area contributed by atoms with E-state index >= 15 is 0 Å². The molecule has 1 amide bonds. The molecule has 0 fully saturated rings. The summed E-state index contributed by atoms with van der Waals surface area (Å²) in [6, 6.07) is 16.6. The van der Waals surface area contributed by atoms with Gasteiger partial charge in [-0.25, -0.2) is 8.42 Å². The Balaban J connectivity index is 1.96. The van der Waals surface area contributed by atoms with Crippen LogP contribution in [0.5, 0.6) is 0 Å². The third kappa shape index (κ3) is 3.60. The Hall–Kier alpha value is -2.35. The molecule has 0 aliphatic rings. The molecule has 5 nitrogen and oxygen atoms in total. The molecule has 0 bridgehead atoms. The van der Waals surface area contributed by atoms with Crippen LogP contribution < -0.4 is 9.62 Å². The van der Waals surface area contributed by atoms with Gasteiger partial charge in [-0.15, -0.1) is 11.3 Å². The average Bonchev–Trinajstić information content (AvgIpc) is 3.18. The lowest BCUT2D eigenvalue weighted by Crippen LogP contribution is -2.28. The number of benzene rings is 2. The second kappa shape index (κ2) is 7.49. The Morgan fingerprint density at radius 1 is 1.04 bits per heavy atom. The summed E-state index contributed by atoms with van der Waals surface area (Å²) in [7, 11) is -2.31. The molecule has 3 aromatic rings. The van der Waals surface area contributed by atoms with E-state index in [-0.39, 0.29) is 15.5 Å². The summed E-state index contributed by atoms with van der Waals surface area (Å²) < 4.78 is 26.8. The third-order valence-electron chi connectivity index (χ3n) is 3.72. The van der Waals surface area contributed by atoms with Crippen LogP contribution in [0.2, 0.25) is 5.02 Å². The number of nitrogens with one attached hydrogen (secondary N) is 1. The van der Waals surface area contributed by atoms with Crippen LogP contribution in [0, 0.1) is 0 Å². The van der Waals surface area contributed by atoms with Gasteiger partial charge in [0.15, 0.2) is 0 Å². The highest BCUT2D eigenvalue weighted by molar-refractivity contribution is 7.94. The molecule has 0 saturated carbocycles. The lowest BCUT2D eigenvalue weighted by molar-refractivity contribution is 0.102. The number of hydrogen-bond acceptors (Lipinski definition) is 4. The minimum atomic E-state index is -3.74. The first-order valence-corrected chi connectivity index (χ1v) is 10.3. The quantitative estimate of drug-likeness (QED) is 0.679. The number of carbonyl (C=O) groups excluding carboxylic acids is 1. The Kier molecular flexibility index (Phi) is 5.31. The molecule has 0 radical (unpaired) electrons. The summed E-state index contributed by atoms with van der Waals surface area (Å²) in [6.07, 6.45) is 0. The summed E-state index contributed by atoms with van der Waals surface area (Å²) in [6.45, 7) is 0. The highest BCUT2D eigenvalue weighted by Gasteiger charge is 2.25. The van der Waals surface area contributed by atoms with E-state index in [1.807, 2.05) is 0 Å². The molecule has 0 aliphatic carbocycles.